The van der Waals surface area contributed by atoms with Crippen LogP contribution in [-0.4, -0.2) is 41.8 Å². The molecule has 0 aromatic heterocycles. The third-order valence-electron chi connectivity index (χ3n) is 6.17. The van der Waals surface area contributed by atoms with Crippen LogP contribution in [0, 0.1) is 0 Å². The number of fused-ring (bicyclic) bond motifs is 3. The van der Waals surface area contributed by atoms with Gasteiger partial charge in [-0.3, -0.25) is 9.59 Å². The molecule has 5 rings (SSSR count). The number of hydrogen-bond acceptors (Lipinski definition) is 3. The number of carbonyl (C=O) groups excluding carboxylic acids is 2. The van der Waals surface area contributed by atoms with Crippen LogP contribution in [0.25, 0.3) is 0 Å². The van der Waals surface area contributed by atoms with E-state index in [-0.39, 0.29) is 18.2 Å². The van der Waals surface area contributed by atoms with Gasteiger partial charge in [-0.2, -0.15) is 0 Å². The first-order chi connectivity index (χ1) is 15.1. The number of ether oxygens (including phenoxy) is 1. The van der Waals surface area contributed by atoms with Crippen LogP contribution in [0.5, 0.6) is 5.75 Å². The molecule has 0 bridgehead atoms. The van der Waals surface area contributed by atoms with Gasteiger partial charge in [0.25, 0.3) is 5.91 Å². The summed E-state index contributed by atoms with van der Waals surface area (Å²) in [5.74, 6) is 0.712. The Bertz CT molecular complexity index is 1160. The Labute approximate surface area is 189 Å². The molecule has 0 aliphatic carbocycles. The largest absolute Gasteiger partial charge is 0.497 e. The Morgan fingerprint density at radius 1 is 1.00 bits per heavy atom. The second-order valence-electron chi connectivity index (χ2n) is 7.75. The summed E-state index contributed by atoms with van der Waals surface area (Å²) in [7, 11) is 1.62. The van der Waals surface area contributed by atoms with Gasteiger partial charge in [0.15, 0.2) is 5.66 Å². The number of methoxy groups -OCH3 is 1. The molecule has 1 atom stereocenters. The second kappa shape index (κ2) is 7.54. The van der Waals surface area contributed by atoms with E-state index in [1.54, 1.807) is 7.11 Å². The molecular formula is C25H21BrN2O3. The van der Waals surface area contributed by atoms with Crippen molar-refractivity contribution in [3.05, 3.63) is 99.5 Å². The van der Waals surface area contributed by atoms with Crippen molar-refractivity contribution in [2.75, 3.05) is 20.2 Å². The molecule has 3 aromatic carbocycles. The lowest BCUT2D eigenvalue weighted by atomic mass is 9.89. The monoisotopic (exact) mass is 476 g/mol. The smallest absolute Gasteiger partial charge is 0.256 e. The van der Waals surface area contributed by atoms with Gasteiger partial charge in [0.2, 0.25) is 5.91 Å². The molecule has 0 saturated carbocycles. The van der Waals surface area contributed by atoms with E-state index in [2.05, 4.69) is 15.9 Å². The molecule has 1 unspecified atom stereocenters. The highest BCUT2D eigenvalue weighted by Crippen LogP contribution is 2.49. The van der Waals surface area contributed by atoms with E-state index in [0.717, 1.165) is 26.9 Å². The van der Waals surface area contributed by atoms with Crippen LogP contribution in [-0.2, 0) is 16.9 Å². The first kappa shape index (κ1) is 19.8. The maximum Gasteiger partial charge on any atom is 0.256 e. The molecule has 2 aliphatic rings. The van der Waals surface area contributed by atoms with Crippen LogP contribution in [0.3, 0.4) is 0 Å². The molecular weight excluding hydrogens is 456 g/mol. The predicted molar refractivity (Wildman–Crippen MR) is 121 cm³/mol. The highest BCUT2D eigenvalue weighted by Gasteiger charge is 2.59. The molecule has 2 amide bonds. The van der Waals surface area contributed by atoms with Gasteiger partial charge in [0.05, 0.1) is 13.5 Å². The van der Waals surface area contributed by atoms with E-state index in [4.69, 9.17) is 4.74 Å². The van der Waals surface area contributed by atoms with Crippen molar-refractivity contribution < 1.29 is 14.3 Å². The molecule has 2 aliphatic heterocycles. The third-order valence-corrected chi connectivity index (χ3v) is 6.70. The number of halogens is 1. The lowest BCUT2D eigenvalue weighted by Crippen LogP contribution is -2.52. The van der Waals surface area contributed by atoms with E-state index in [1.165, 1.54) is 0 Å². The van der Waals surface area contributed by atoms with Gasteiger partial charge in [-0.05, 0) is 35.9 Å². The van der Waals surface area contributed by atoms with Crippen molar-refractivity contribution >= 4 is 27.7 Å². The fourth-order valence-electron chi connectivity index (χ4n) is 4.80. The molecule has 1 saturated heterocycles. The molecule has 0 spiro atoms. The van der Waals surface area contributed by atoms with Crippen LogP contribution in [0.1, 0.15) is 27.0 Å². The van der Waals surface area contributed by atoms with Crippen molar-refractivity contribution in [1.29, 1.82) is 0 Å². The fourth-order valence-corrected chi connectivity index (χ4v) is 5.06. The van der Waals surface area contributed by atoms with Gasteiger partial charge in [-0.15, -0.1) is 0 Å². The van der Waals surface area contributed by atoms with Gasteiger partial charge >= 0.3 is 0 Å². The van der Waals surface area contributed by atoms with Crippen LogP contribution in [0.2, 0.25) is 0 Å². The lowest BCUT2D eigenvalue weighted by Gasteiger charge is -2.40. The highest BCUT2D eigenvalue weighted by molar-refractivity contribution is 9.10. The molecule has 1 fully saturated rings. The Kier molecular flexibility index (Phi) is 4.82. The zero-order chi connectivity index (χ0) is 21.6. The Hall–Kier alpha value is -3.12. The van der Waals surface area contributed by atoms with E-state index in [1.807, 2.05) is 82.6 Å². The number of rotatable bonds is 4. The van der Waals surface area contributed by atoms with Crippen molar-refractivity contribution in [3.8, 4) is 5.75 Å². The number of hydrogen-bond donors (Lipinski definition) is 0. The minimum absolute atomic E-state index is 0.0138. The second-order valence-corrected chi connectivity index (χ2v) is 8.67. The molecule has 156 valence electrons. The minimum atomic E-state index is -0.919. The summed E-state index contributed by atoms with van der Waals surface area (Å²) < 4.78 is 6.17. The first-order valence-electron chi connectivity index (χ1n) is 10.2. The molecule has 2 heterocycles. The van der Waals surface area contributed by atoms with E-state index >= 15 is 0 Å². The Morgan fingerprint density at radius 2 is 1.71 bits per heavy atom. The van der Waals surface area contributed by atoms with Gasteiger partial charge in [0.1, 0.15) is 5.75 Å². The summed E-state index contributed by atoms with van der Waals surface area (Å²) in [5, 5.41) is 0. The van der Waals surface area contributed by atoms with Crippen molar-refractivity contribution in [1.82, 2.24) is 9.80 Å². The van der Waals surface area contributed by atoms with Crippen molar-refractivity contribution in [2.24, 2.45) is 0 Å². The summed E-state index contributed by atoms with van der Waals surface area (Å²) in [6.07, 6.45) is 0.256. The predicted octanol–water partition coefficient (Wildman–Crippen LogP) is 4.20. The molecule has 5 nitrogen and oxygen atoms in total. The molecule has 0 N–H and O–H groups in total. The third kappa shape index (κ3) is 2.97. The Morgan fingerprint density at radius 3 is 2.42 bits per heavy atom. The zero-order valence-corrected chi connectivity index (χ0v) is 18.6. The first-order valence-corrected chi connectivity index (χ1v) is 11.0. The number of carbonyl (C=O) groups is 2. The van der Waals surface area contributed by atoms with Crippen LogP contribution in [0.4, 0.5) is 0 Å². The maximum atomic E-state index is 13.6. The quantitative estimate of drug-likeness (QED) is 0.566. The molecule has 0 radical (unpaired) electrons. The lowest BCUT2D eigenvalue weighted by molar-refractivity contribution is -0.135. The van der Waals surface area contributed by atoms with Crippen molar-refractivity contribution in [2.45, 2.75) is 12.1 Å². The minimum Gasteiger partial charge on any atom is -0.497 e. The number of amides is 2. The summed E-state index contributed by atoms with van der Waals surface area (Å²) in [4.78, 5) is 30.6. The molecule has 31 heavy (non-hydrogen) atoms. The summed E-state index contributed by atoms with van der Waals surface area (Å²) in [5.41, 5.74) is 2.43. The summed E-state index contributed by atoms with van der Waals surface area (Å²) in [6.45, 7) is 0.989. The van der Waals surface area contributed by atoms with Gasteiger partial charge < -0.3 is 14.5 Å². The summed E-state index contributed by atoms with van der Waals surface area (Å²) >= 11 is 3.50. The molecule has 6 heteroatoms. The van der Waals surface area contributed by atoms with Crippen LogP contribution >= 0.6 is 15.9 Å². The van der Waals surface area contributed by atoms with E-state index < -0.39 is 5.66 Å². The van der Waals surface area contributed by atoms with Crippen molar-refractivity contribution in [3.63, 3.8) is 0 Å². The van der Waals surface area contributed by atoms with Crippen LogP contribution in [0.15, 0.2) is 77.3 Å². The van der Waals surface area contributed by atoms with Crippen LogP contribution < -0.4 is 4.74 Å². The maximum absolute atomic E-state index is 13.6. The van der Waals surface area contributed by atoms with E-state index in [9.17, 15) is 9.59 Å². The van der Waals surface area contributed by atoms with Gasteiger partial charge in [0, 0.05) is 34.3 Å². The number of nitrogens with zero attached hydrogens (tertiary/aromatic N) is 2. The van der Waals surface area contributed by atoms with E-state index in [0.29, 0.717) is 18.7 Å². The van der Waals surface area contributed by atoms with Gasteiger partial charge in [-0.1, -0.05) is 58.4 Å². The molecule has 3 aromatic rings. The normalized spacial score (nSPS) is 19.4. The average molecular weight is 477 g/mol. The highest BCUT2D eigenvalue weighted by atomic mass is 79.9. The Balaban J connectivity index is 1.61. The topological polar surface area (TPSA) is 49.9 Å². The fraction of sp³-hybridized carbons (Fsp3) is 0.200. The van der Waals surface area contributed by atoms with Gasteiger partial charge in [-0.25, -0.2) is 0 Å². The standard InChI is InChI=1S/C25H21BrN2O3/c1-31-20-12-6-17(7-13-20)16-23(29)27-14-15-28-24(30)21-4-2-3-5-22(21)25(27,28)18-8-10-19(26)11-9-18/h2-13H,14-16H2,1H3. The SMILES string of the molecule is COc1ccc(CC(=O)N2CCN3C(=O)c4ccccc4C23c2ccc(Br)cc2)cc1. The number of benzene rings is 3. The average Bonchev–Trinajstić information content (AvgIpc) is 3.31. The zero-order valence-electron chi connectivity index (χ0n) is 17.0. The summed E-state index contributed by atoms with van der Waals surface area (Å²) in [6, 6.07) is 23.0.